The van der Waals surface area contributed by atoms with Crippen LogP contribution < -0.4 is 4.74 Å². The molecule has 1 aromatic carbocycles. The molecule has 18 heavy (non-hydrogen) atoms. The molecule has 1 aromatic rings. The van der Waals surface area contributed by atoms with Crippen LogP contribution in [0.4, 0.5) is 0 Å². The van der Waals surface area contributed by atoms with Crippen molar-refractivity contribution in [2.75, 3.05) is 13.7 Å². The van der Waals surface area contributed by atoms with E-state index < -0.39 is 11.6 Å². The molecule has 0 spiro atoms. The summed E-state index contributed by atoms with van der Waals surface area (Å²) in [5.74, 6) is -0.0795. The van der Waals surface area contributed by atoms with Crippen LogP contribution in [0.1, 0.15) is 25.8 Å². The van der Waals surface area contributed by atoms with Gasteiger partial charge in [-0.15, -0.1) is 0 Å². The average molecular weight is 252 g/mol. The fraction of sp³-hybridized carbons (Fsp3) is 0.500. The lowest BCUT2D eigenvalue weighted by Crippen LogP contribution is -2.42. The average Bonchev–Trinajstić information content (AvgIpc) is 2.37. The van der Waals surface area contributed by atoms with E-state index in [1.807, 2.05) is 24.3 Å². The van der Waals surface area contributed by atoms with Crippen molar-refractivity contribution in [1.82, 2.24) is 0 Å². The van der Waals surface area contributed by atoms with E-state index in [-0.39, 0.29) is 6.61 Å². The molecule has 1 unspecified atom stereocenters. The van der Waals surface area contributed by atoms with Gasteiger partial charge in [0.05, 0.1) is 7.11 Å². The number of carbonyl (C=O) groups excluding carboxylic acids is 1. The Labute approximate surface area is 108 Å². The maximum absolute atomic E-state index is 11.2. The first-order valence-corrected chi connectivity index (χ1v) is 6.02. The molecule has 0 bridgehead atoms. The molecule has 0 aromatic heterocycles. The highest BCUT2D eigenvalue weighted by Crippen LogP contribution is 2.16. The van der Waals surface area contributed by atoms with Crippen LogP contribution in [-0.2, 0) is 16.0 Å². The van der Waals surface area contributed by atoms with Crippen LogP contribution >= 0.6 is 0 Å². The molecule has 100 valence electrons. The molecule has 0 aliphatic carbocycles. The second-order valence-electron chi connectivity index (χ2n) is 4.45. The SMILES string of the molecule is CCCc1ccc(OCC(C)(O)C(=O)OC)cc1. The quantitative estimate of drug-likeness (QED) is 0.786. The number of carbonyl (C=O) groups is 1. The molecule has 0 heterocycles. The van der Waals surface area contributed by atoms with Gasteiger partial charge in [0.25, 0.3) is 0 Å². The van der Waals surface area contributed by atoms with Gasteiger partial charge in [0.15, 0.2) is 5.60 Å². The van der Waals surface area contributed by atoms with E-state index in [2.05, 4.69) is 11.7 Å². The Kier molecular flexibility index (Phi) is 5.16. The van der Waals surface area contributed by atoms with Crippen LogP contribution in [0.5, 0.6) is 5.75 Å². The van der Waals surface area contributed by atoms with Gasteiger partial charge in [-0.25, -0.2) is 4.79 Å². The Balaban J connectivity index is 2.55. The number of aliphatic hydroxyl groups is 1. The third-order valence-electron chi connectivity index (χ3n) is 2.61. The highest BCUT2D eigenvalue weighted by molar-refractivity contribution is 5.78. The largest absolute Gasteiger partial charge is 0.490 e. The molecule has 0 amide bonds. The van der Waals surface area contributed by atoms with E-state index in [9.17, 15) is 9.90 Å². The predicted molar refractivity (Wildman–Crippen MR) is 68.6 cm³/mol. The van der Waals surface area contributed by atoms with Crippen molar-refractivity contribution in [2.24, 2.45) is 0 Å². The molecular formula is C14H20O4. The van der Waals surface area contributed by atoms with Gasteiger partial charge in [-0.2, -0.15) is 0 Å². The zero-order valence-electron chi connectivity index (χ0n) is 11.1. The van der Waals surface area contributed by atoms with E-state index in [0.717, 1.165) is 12.8 Å². The van der Waals surface area contributed by atoms with Crippen molar-refractivity contribution in [3.8, 4) is 5.75 Å². The first-order valence-electron chi connectivity index (χ1n) is 6.02. The molecule has 0 aliphatic rings. The Morgan fingerprint density at radius 3 is 2.44 bits per heavy atom. The van der Waals surface area contributed by atoms with Crippen molar-refractivity contribution in [3.63, 3.8) is 0 Å². The zero-order chi connectivity index (χ0) is 13.6. The first kappa shape index (κ1) is 14.5. The van der Waals surface area contributed by atoms with Crippen molar-refractivity contribution in [2.45, 2.75) is 32.3 Å². The summed E-state index contributed by atoms with van der Waals surface area (Å²) in [5, 5.41) is 9.78. The Morgan fingerprint density at radius 1 is 1.33 bits per heavy atom. The maximum atomic E-state index is 11.2. The summed E-state index contributed by atoms with van der Waals surface area (Å²) in [7, 11) is 1.23. The molecule has 0 radical (unpaired) electrons. The van der Waals surface area contributed by atoms with Gasteiger partial charge in [-0.3, -0.25) is 0 Å². The molecule has 4 nitrogen and oxygen atoms in total. The van der Waals surface area contributed by atoms with E-state index in [1.165, 1.54) is 19.6 Å². The minimum absolute atomic E-state index is 0.132. The summed E-state index contributed by atoms with van der Waals surface area (Å²) < 4.78 is 9.86. The zero-order valence-corrected chi connectivity index (χ0v) is 11.1. The van der Waals surface area contributed by atoms with Crippen LogP contribution in [0.2, 0.25) is 0 Å². The lowest BCUT2D eigenvalue weighted by molar-refractivity contribution is -0.163. The highest BCUT2D eigenvalue weighted by Gasteiger charge is 2.32. The van der Waals surface area contributed by atoms with Crippen LogP contribution in [0.3, 0.4) is 0 Å². The van der Waals surface area contributed by atoms with Crippen LogP contribution in [-0.4, -0.2) is 30.4 Å². The number of benzene rings is 1. The van der Waals surface area contributed by atoms with Crippen molar-refractivity contribution in [1.29, 1.82) is 0 Å². The molecule has 0 fully saturated rings. The van der Waals surface area contributed by atoms with Crippen LogP contribution in [0.15, 0.2) is 24.3 Å². The molecule has 0 saturated carbocycles. The van der Waals surface area contributed by atoms with Gasteiger partial charge in [0, 0.05) is 0 Å². The Morgan fingerprint density at radius 2 is 1.94 bits per heavy atom. The second kappa shape index (κ2) is 6.40. The molecule has 1 atom stereocenters. The highest BCUT2D eigenvalue weighted by atomic mass is 16.6. The van der Waals surface area contributed by atoms with Crippen molar-refractivity contribution in [3.05, 3.63) is 29.8 Å². The predicted octanol–water partition coefficient (Wildman–Crippen LogP) is 1.94. The number of ether oxygens (including phenoxy) is 2. The summed E-state index contributed by atoms with van der Waals surface area (Å²) in [6.45, 7) is 3.36. The van der Waals surface area contributed by atoms with Crippen molar-refractivity contribution >= 4 is 5.97 Å². The monoisotopic (exact) mass is 252 g/mol. The number of methoxy groups -OCH3 is 1. The molecule has 0 aliphatic heterocycles. The molecule has 1 rings (SSSR count). The number of hydrogen-bond acceptors (Lipinski definition) is 4. The minimum Gasteiger partial charge on any atom is -0.490 e. The van der Waals surface area contributed by atoms with Gasteiger partial charge in [-0.05, 0) is 31.0 Å². The fourth-order valence-corrected chi connectivity index (χ4v) is 1.54. The number of aryl methyl sites for hydroxylation is 1. The lowest BCUT2D eigenvalue weighted by Gasteiger charge is -2.20. The standard InChI is InChI=1S/C14H20O4/c1-4-5-11-6-8-12(9-7-11)18-10-14(2,16)13(15)17-3/h6-9,16H,4-5,10H2,1-3H3. The van der Waals surface area contributed by atoms with Gasteiger partial charge in [0.2, 0.25) is 0 Å². The first-order chi connectivity index (χ1) is 8.49. The topological polar surface area (TPSA) is 55.8 Å². The third-order valence-corrected chi connectivity index (χ3v) is 2.61. The molecule has 1 N–H and O–H groups in total. The summed E-state index contributed by atoms with van der Waals surface area (Å²) in [4.78, 5) is 11.2. The molecular weight excluding hydrogens is 232 g/mol. The third kappa shape index (κ3) is 4.04. The second-order valence-corrected chi connectivity index (χ2v) is 4.45. The normalized spacial score (nSPS) is 13.8. The van der Waals surface area contributed by atoms with E-state index in [1.54, 1.807) is 0 Å². The number of rotatable bonds is 6. The Hall–Kier alpha value is -1.55. The lowest BCUT2D eigenvalue weighted by atomic mass is 10.1. The van der Waals surface area contributed by atoms with Gasteiger partial charge in [0.1, 0.15) is 12.4 Å². The summed E-state index contributed by atoms with van der Waals surface area (Å²) in [6.07, 6.45) is 2.12. The smallest absolute Gasteiger partial charge is 0.341 e. The van der Waals surface area contributed by atoms with Crippen LogP contribution in [0, 0.1) is 0 Å². The fourth-order valence-electron chi connectivity index (χ4n) is 1.54. The maximum Gasteiger partial charge on any atom is 0.341 e. The molecule has 4 heteroatoms. The van der Waals surface area contributed by atoms with Crippen molar-refractivity contribution < 1.29 is 19.4 Å². The van der Waals surface area contributed by atoms with E-state index in [0.29, 0.717) is 5.75 Å². The van der Waals surface area contributed by atoms with E-state index in [4.69, 9.17) is 4.74 Å². The molecule has 0 saturated heterocycles. The van der Waals surface area contributed by atoms with Gasteiger partial charge < -0.3 is 14.6 Å². The Bertz CT molecular complexity index is 381. The van der Waals surface area contributed by atoms with Crippen LogP contribution in [0.25, 0.3) is 0 Å². The number of esters is 1. The van der Waals surface area contributed by atoms with Gasteiger partial charge >= 0.3 is 5.97 Å². The summed E-state index contributed by atoms with van der Waals surface area (Å²) in [6, 6.07) is 7.62. The van der Waals surface area contributed by atoms with E-state index >= 15 is 0 Å². The minimum atomic E-state index is -1.63. The van der Waals surface area contributed by atoms with Gasteiger partial charge in [-0.1, -0.05) is 25.5 Å². The summed E-state index contributed by atoms with van der Waals surface area (Å²) in [5.41, 5.74) is -0.388. The summed E-state index contributed by atoms with van der Waals surface area (Å²) >= 11 is 0. The number of hydrogen-bond donors (Lipinski definition) is 1.